The van der Waals surface area contributed by atoms with Crippen molar-refractivity contribution in [1.82, 2.24) is 10.2 Å². The molecule has 3 amide bonds. The molecular weight excluding hydrogens is 530 g/mol. The van der Waals surface area contributed by atoms with E-state index in [9.17, 15) is 14.4 Å². The molecule has 192 valence electrons. The van der Waals surface area contributed by atoms with E-state index in [-0.39, 0.29) is 34.4 Å². The quantitative estimate of drug-likeness (QED) is 0.314. The fourth-order valence-corrected chi connectivity index (χ4v) is 9.52. The summed E-state index contributed by atoms with van der Waals surface area (Å²) in [6.07, 6.45) is 3.94. The minimum absolute atomic E-state index is 0.0533. The zero-order chi connectivity index (χ0) is 25.4. The van der Waals surface area contributed by atoms with Gasteiger partial charge < -0.3 is 20.6 Å². The van der Waals surface area contributed by atoms with Crippen LogP contribution in [-0.2, 0) is 14.4 Å². The Morgan fingerprint density at radius 2 is 1.83 bits per heavy atom. The first kappa shape index (κ1) is 26.5. The highest BCUT2D eigenvalue weighted by Gasteiger charge is 2.75. The van der Waals surface area contributed by atoms with E-state index in [2.05, 4.69) is 26.6 Å². The Morgan fingerprint density at radius 1 is 1.14 bits per heavy atom. The van der Waals surface area contributed by atoms with E-state index < -0.39 is 28.2 Å². The van der Waals surface area contributed by atoms with Crippen molar-refractivity contribution in [2.75, 3.05) is 18.5 Å². The summed E-state index contributed by atoms with van der Waals surface area (Å²) in [6.45, 7) is 6.47. The maximum atomic E-state index is 13.9. The lowest BCUT2D eigenvalue weighted by atomic mass is 9.70. The lowest BCUT2D eigenvalue weighted by Gasteiger charge is -2.36. The van der Waals surface area contributed by atoms with Crippen molar-refractivity contribution in [3.63, 3.8) is 0 Å². The number of nitrogens with one attached hydrogen (secondary N) is 2. The minimum Gasteiger partial charge on any atom is -0.396 e. The normalized spacial score (nSPS) is 31.5. The molecular formula is C26H36BrN3O4S. The number of halogens is 1. The molecule has 3 fully saturated rings. The van der Waals surface area contributed by atoms with Crippen molar-refractivity contribution in [2.45, 2.75) is 79.3 Å². The number of benzene rings is 1. The predicted octanol–water partition coefficient (Wildman–Crippen LogP) is 3.56. The van der Waals surface area contributed by atoms with Crippen LogP contribution in [0.2, 0.25) is 0 Å². The molecule has 0 aromatic heterocycles. The number of para-hydroxylation sites is 1. The van der Waals surface area contributed by atoms with Gasteiger partial charge in [-0.25, -0.2) is 0 Å². The van der Waals surface area contributed by atoms with Crippen LogP contribution in [0.15, 0.2) is 30.3 Å². The number of hydrogen-bond donors (Lipinski definition) is 3. The molecule has 7 nitrogen and oxygen atoms in total. The van der Waals surface area contributed by atoms with Gasteiger partial charge in [0, 0.05) is 34.5 Å². The fraction of sp³-hybridized carbons (Fsp3) is 0.654. The first-order valence-corrected chi connectivity index (χ1v) is 14.3. The van der Waals surface area contributed by atoms with Crippen LogP contribution in [0.3, 0.4) is 0 Å². The molecule has 4 rings (SSSR count). The summed E-state index contributed by atoms with van der Waals surface area (Å²) in [4.78, 5) is 43.0. The molecule has 3 aliphatic rings. The maximum absolute atomic E-state index is 13.9. The number of nitrogens with zero attached hydrogens (tertiary/aromatic N) is 1. The van der Waals surface area contributed by atoms with Gasteiger partial charge in [-0.15, -0.1) is 11.8 Å². The topological polar surface area (TPSA) is 98.7 Å². The molecule has 1 spiro atoms. The molecule has 3 N–H and O–H groups in total. The van der Waals surface area contributed by atoms with Crippen LogP contribution in [-0.4, -0.2) is 67.3 Å². The smallest absolute Gasteiger partial charge is 0.244 e. The standard InChI is InChI=1S/C26H36BrN3O4S/c1-25(2,3)29-23(33)21-26-15-17(27)20(35-26)18(22(32)28-16-11-7-6-8-12-16)19(26)24(34)30(21)13-9-4-5-10-14-31/h6-8,11-12,17-21,31H,4-5,9-10,13-15H2,1-3H3,(H,28,32)(H,29,33)/t17?,18-,19+,20-,21?,26?/m1/s1. The van der Waals surface area contributed by atoms with Crippen molar-refractivity contribution in [3.8, 4) is 0 Å². The van der Waals surface area contributed by atoms with E-state index >= 15 is 0 Å². The van der Waals surface area contributed by atoms with Gasteiger partial charge in [-0.05, 0) is 52.2 Å². The van der Waals surface area contributed by atoms with Crippen molar-refractivity contribution >= 4 is 51.1 Å². The number of unbranched alkanes of at least 4 members (excludes halogenated alkanes) is 3. The van der Waals surface area contributed by atoms with E-state index in [1.165, 1.54) is 0 Å². The number of carbonyl (C=O) groups excluding carboxylic acids is 3. The highest BCUT2D eigenvalue weighted by atomic mass is 79.9. The SMILES string of the molecule is CC(C)(C)NC(=O)C1N(CCCCCCO)C(=O)[C@@H]2[C@@H](C(=O)Nc3ccccc3)[C@@H]3SC12CC3Br. The Kier molecular flexibility index (Phi) is 7.88. The lowest BCUT2D eigenvalue weighted by molar-refractivity contribution is -0.139. The van der Waals surface area contributed by atoms with E-state index in [4.69, 9.17) is 5.11 Å². The highest BCUT2D eigenvalue weighted by Crippen LogP contribution is 2.67. The molecule has 3 aliphatic heterocycles. The van der Waals surface area contributed by atoms with Gasteiger partial charge in [-0.3, -0.25) is 14.4 Å². The first-order chi connectivity index (χ1) is 16.6. The van der Waals surface area contributed by atoms with Gasteiger partial charge in [0.05, 0.1) is 16.6 Å². The number of amides is 3. The third-order valence-electron chi connectivity index (χ3n) is 7.19. The molecule has 2 bridgehead atoms. The maximum Gasteiger partial charge on any atom is 0.244 e. The molecule has 3 saturated heterocycles. The van der Waals surface area contributed by atoms with Crippen molar-refractivity contribution in [2.24, 2.45) is 11.8 Å². The van der Waals surface area contributed by atoms with Crippen LogP contribution in [0.25, 0.3) is 0 Å². The molecule has 6 atom stereocenters. The molecule has 3 unspecified atom stereocenters. The monoisotopic (exact) mass is 565 g/mol. The Hall–Kier alpha value is -1.58. The molecule has 35 heavy (non-hydrogen) atoms. The molecule has 1 aromatic rings. The summed E-state index contributed by atoms with van der Waals surface area (Å²) in [5, 5.41) is 15.1. The van der Waals surface area contributed by atoms with Gasteiger partial charge >= 0.3 is 0 Å². The third kappa shape index (κ3) is 5.14. The van der Waals surface area contributed by atoms with Gasteiger partial charge in [-0.2, -0.15) is 0 Å². The summed E-state index contributed by atoms with van der Waals surface area (Å²) in [5.41, 5.74) is 0.277. The number of aliphatic hydroxyl groups excluding tert-OH is 1. The average Bonchev–Trinajstić information content (AvgIpc) is 3.36. The van der Waals surface area contributed by atoms with Crippen LogP contribution in [0.1, 0.15) is 52.9 Å². The summed E-state index contributed by atoms with van der Waals surface area (Å²) < 4.78 is -0.630. The van der Waals surface area contributed by atoms with Crippen molar-refractivity contribution < 1.29 is 19.5 Å². The van der Waals surface area contributed by atoms with Gasteiger partial charge in [0.2, 0.25) is 17.7 Å². The van der Waals surface area contributed by atoms with Crippen molar-refractivity contribution in [3.05, 3.63) is 30.3 Å². The number of rotatable bonds is 9. The van der Waals surface area contributed by atoms with Gasteiger partial charge in [-0.1, -0.05) is 47.0 Å². The summed E-state index contributed by atoms with van der Waals surface area (Å²) >= 11 is 5.45. The Labute approximate surface area is 220 Å². The number of carbonyl (C=O) groups is 3. The van der Waals surface area contributed by atoms with E-state index in [1.54, 1.807) is 16.7 Å². The minimum atomic E-state index is -0.630. The number of likely N-dealkylation sites (tertiary alicyclic amines) is 1. The predicted molar refractivity (Wildman–Crippen MR) is 142 cm³/mol. The largest absolute Gasteiger partial charge is 0.396 e. The molecule has 0 radical (unpaired) electrons. The Morgan fingerprint density at radius 3 is 2.49 bits per heavy atom. The summed E-state index contributed by atoms with van der Waals surface area (Å²) in [7, 11) is 0. The Bertz CT molecular complexity index is 956. The van der Waals surface area contributed by atoms with Gasteiger partial charge in [0.1, 0.15) is 6.04 Å². The van der Waals surface area contributed by atoms with E-state index in [0.717, 1.165) is 25.7 Å². The average molecular weight is 567 g/mol. The lowest BCUT2D eigenvalue weighted by Crippen LogP contribution is -2.57. The van der Waals surface area contributed by atoms with E-state index in [1.807, 2.05) is 51.1 Å². The Balaban J connectivity index is 1.63. The number of aliphatic hydroxyl groups is 1. The summed E-state index contributed by atoms with van der Waals surface area (Å²) in [5.74, 6) is -1.40. The molecule has 1 aromatic carbocycles. The van der Waals surface area contributed by atoms with Crippen LogP contribution in [0.4, 0.5) is 5.69 Å². The number of hydrogen-bond acceptors (Lipinski definition) is 5. The number of alkyl halides is 1. The first-order valence-electron chi connectivity index (χ1n) is 12.5. The molecule has 9 heteroatoms. The second kappa shape index (κ2) is 10.4. The fourth-order valence-electron chi connectivity index (χ4n) is 5.90. The highest BCUT2D eigenvalue weighted by molar-refractivity contribution is 9.09. The molecule has 0 saturated carbocycles. The van der Waals surface area contributed by atoms with Crippen LogP contribution in [0, 0.1) is 11.8 Å². The molecule has 3 heterocycles. The van der Waals surface area contributed by atoms with Crippen LogP contribution < -0.4 is 10.6 Å². The molecule has 0 aliphatic carbocycles. The van der Waals surface area contributed by atoms with Crippen LogP contribution in [0.5, 0.6) is 0 Å². The number of anilines is 1. The van der Waals surface area contributed by atoms with Crippen LogP contribution >= 0.6 is 27.7 Å². The second-order valence-electron chi connectivity index (χ2n) is 10.9. The third-order valence-corrected chi connectivity index (χ3v) is 10.4. The van der Waals surface area contributed by atoms with Crippen molar-refractivity contribution in [1.29, 1.82) is 0 Å². The second-order valence-corrected chi connectivity index (χ2v) is 13.6. The zero-order valence-electron chi connectivity index (χ0n) is 20.6. The number of thioether (sulfide) groups is 1. The van der Waals surface area contributed by atoms with Gasteiger partial charge in [0.15, 0.2) is 0 Å². The number of fused-ring (bicyclic) bond motifs is 1. The van der Waals surface area contributed by atoms with Gasteiger partial charge in [0.25, 0.3) is 0 Å². The summed E-state index contributed by atoms with van der Waals surface area (Å²) in [6, 6.07) is 8.70. The zero-order valence-corrected chi connectivity index (χ0v) is 23.0. The van der Waals surface area contributed by atoms with E-state index in [0.29, 0.717) is 18.7 Å².